The molecule has 1 aromatic heterocycles. The van der Waals surface area contributed by atoms with Crippen molar-refractivity contribution in [3.8, 4) is 11.3 Å². The van der Waals surface area contributed by atoms with Gasteiger partial charge in [0.1, 0.15) is 30.3 Å². The number of rotatable bonds is 9. The second kappa shape index (κ2) is 12.5. The summed E-state index contributed by atoms with van der Waals surface area (Å²) in [6.45, 7) is 2.93. The number of ether oxygens (including phenoxy) is 4. The molecule has 0 bridgehead atoms. The lowest BCUT2D eigenvalue weighted by molar-refractivity contribution is -0.231. The monoisotopic (exact) mass is 590 g/mol. The molecule has 0 spiro atoms. The fraction of sp³-hybridized carbons (Fsp3) is 0.346. The molecule has 1 N–H and O–H groups in total. The third-order valence-corrected chi connectivity index (χ3v) is 7.41. The van der Waals surface area contributed by atoms with Gasteiger partial charge in [0.25, 0.3) is 0 Å². The molecule has 2 heterocycles. The molecule has 41 heavy (non-hydrogen) atoms. The van der Waals surface area contributed by atoms with Gasteiger partial charge >= 0.3 is 17.9 Å². The predicted molar refractivity (Wildman–Crippen MR) is 138 cm³/mol. The van der Waals surface area contributed by atoms with Gasteiger partial charge in [0.05, 0.1) is 11.1 Å². The normalized spacial score (nSPS) is 22.5. The van der Waals surface area contributed by atoms with Crippen LogP contribution in [0.1, 0.15) is 26.8 Å². The molecule has 13 nitrogen and oxygen atoms in total. The molecule has 218 valence electrons. The van der Waals surface area contributed by atoms with Crippen LogP contribution in [0.2, 0.25) is 0 Å². The Bertz CT molecular complexity index is 1520. The first-order chi connectivity index (χ1) is 19.4. The maximum absolute atomic E-state index is 13.9. The molecule has 1 saturated heterocycles. The molecule has 3 aromatic rings. The maximum Gasteiger partial charge on any atom is 0.303 e. The second-order valence-electron chi connectivity index (χ2n) is 9.06. The van der Waals surface area contributed by atoms with Crippen molar-refractivity contribution in [1.29, 1.82) is 0 Å². The molecule has 5 atom stereocenters. The van der Waals surface area contributed by atoms with Gasteiger partial charge in [-0.25, -0.2) is 17.5 Å². The number of nitrogens with zero attached hydrogens (tertiary/aromatic N) is 3. The van der Waals surface area contributed by atoms with Crippen LogP contribution >= 0.6 is 0 Å². The van der Waals surface area contributed by atoms with E-state index in [9.17, 15) is 27.2 Å². The lowest BCUT2D eigenvalue weighted by Gasteiger charge is -2.44. The van der Waals surface area contributed by atoms with E-state index in [1.165, 1.54) is 53.3 Å². The number of sulfonamides is 1. The van der Waals surface area contributed by atoms with Gasteiger partial charge in [-0.15, -0.1) is 5.10 Å². The average Bonchev–Trinajstić information content (AvgIpc) is 3.39. The smallest absolute Gasteiger partial charge is 0.303 e. The molecule has 1 fully saturated rings. The molecule has 2 aromatic carbocycles. The van der Waals surface area contributed by atoms with Crippen LogP contribution in [0, 0.1) is 5.82 Å². The topological polar surface area (TPSA) is 165 Å². The van der Waals surface area contributed by atoms with E-state index in [0.717, 1.165) is 20.8 Å². The quantitative estimate of drug-likeness (QED) is 0.285. The highest BCUT2D eigenvalue weighted by atomic mass is 32.2. The zero-order valence-electron chi connectivity index (χ0n) is 22.2. The van der Waals surface area contributed by atoms with Crippen molar-refractivity contribution in [2.45, 2.75) is 56.2 Å². The minimum atomic E-state index is -4.24. The highest BCUT2D eigenvalue weighted by Gasteiger charge is 2.52. The van der Waals surface area contributed by atoms with Gasteiger partial charge in [0.2, 0.25) is 10.0 Å². The molecule has 15 heteroatoms. The van der Waals surface area contributed by atoms with Crippen LogP contribution in [-0.2, 0) is 43.4 Å². The standard InChI is InChI=1S/C26H27FN4O9S/c1-15(32)37-14-22-24(38-16(2)33)23(31-13-21(28-30-31)18-8-7-9-19(27)12-18)25(39-17(3)34)26(40-22)29-41(35,36)20-10-5-4-6-11-20/h4-13,22-26,29H,14H2,1-3H3/t22-,23+,24+,25-,26-/m1/s1. The van der Waals surface area contributed by atoms with Gasteiger partial charge in [-0.05, 0) is 24.3 Å². The van der Waals surface area contributed by atoms with E-state index in [0.29, 0.717) is 5.56 Å². The van der Waals surface area contributed by atoms with E-state index in [1.54, 1.807) is 12.1 Å². The van der Waals surface area contributed by atoms with E-state index >= 15 is 0 Å². The molecule has 0 amide bonds. The van der Waals surface area contributed by atoms with Crippen LogP contribution in [0.25, 0.3) is 11.3 Å². The number of nitrogens with one attached hydrogen (secondary N) is 1. The van der Waals surface area contributed by atoms with Crippen LogP contribution in [-0.4, -0.2) is 72.5 Å². The van der Waals surface area contributed by atoms with Gasteiger partial charge in [-0.3, -0.25) is 14.4 Å². The van der Waals surface area contributed by atoms with Crippen molar-refractivity contribution < 1.29 is 46.1 Å². The first kappa shape index (κ1) is 29.8. The Labute approximate surface area is 234 Å². The van der Waals surface area contributed by atoms with Crippen LogP contribution in [0.5, 0.6) is 0 Å². The summed E-state index contributed by atoms with van der Waals surface area (Å²) < 4.78 is 66.1. The summed E-state index contributed by atoms with van der Waals surface area (Å²) in [5.74, 6) is -2.76. The molecule has 0 unspecified atom stereocenters. The SMILES string of the molecule is CC(=O)OC[C@H]1O[C@@H](NS(=O)(=O)c2ccccc2)[C@H](OC(C)=O)[C@@H](n2cc(-c3cccc(F)c3)nn2)[C@H]1OC(C)=O. The van der Waals surface area contributed by atoms with E-state index in [-0.39, 0.29) is 10.6 Å². The summed E-state index contributed by atoms with van der Waals surface area (Å²) in [4.78, 5) is 35.9. The van der Waals surface area contributed by atoms with E-state index in [4.69, 9.17) is 18.9 Å². The Balaban J connectivity index is 1.82. The number of benzene rings is 2. The largest absolute Gasteiger partial charge is 0.463 e. The van der Waals surface area contributed by atoms with Crippen molar-refractivity contribution >= 4 is 27.9 Å². The first-order valence-electron chi connectivity index (χ1n) is 12.3. The Morgan fingerprint density at radius 1 is 0.976 bits per heavy atom. The first-order valence-corrected chi connectivity index (χ1v) is 13.8. The number of esters is 3. The lowest BCUT2D eigenvalue weighted by Crippen LogP contribution is -2.63. The molecule has 0 aliphatic carbocycles. The molecule has 1 aliphatic heterocycles. The summed E-state index contributed by atoms with van der Waals surface area (Å²) in [7, 11) is -4.24. The second-order valence-corrected chi connectivity index (χ2v) is 10.8. The molecule has 1 aliphatic rings. The summed E-state index contributed by atoms with van der Waals surface area (Å²) in [5, 5.41) is 8.18. The van der Waals surface area contributed by atoms with Crippen molar-refractivity contribution in [3.05, 3.63) is 66.6 Å². The molecular weight excluding hydrogens is 563 g/mol. The maximum atomic E-state index is 13.9. The molecule has 0 saturated carbocycles. The summed E-state index contributed by atoms with van der Waals surface area (Å²) >= 11 is 0. The Morgan fingerprint density at radius 2 is 1.66 bits per heavy atom. The number of halogens is 1. The van der Waals surface area contributed by atoms with Gasteiger partial charge in [-0.2, -0.15) is 4.72 Å². The number of carbonyl (C=O) groups excluding carboxylic acids is 3. The van der Waals surface area contributed by atoms with E-state index < -0.39 is 70.9 Å². The number of carbonyl (C=O) groups is 3. The molecule has 0 radical (unpaired) electrons. The third-order valence-electron chi connectivity index (χ3n) is 5.98. The van der Waals surface area contributed by atoms with E-state index in [1.807, 2.05) is 0 Å². The van der Waals surface area contributed by atoms with Gasteiger partial charge in [0, 0.05) is 26.3 Å². The average molecular weight is 591 g/mol. The van der Waals surface area contributed by atoms with Crippen molar-refractivity contribution in [2.75, 3.05) is 6.61 Å². The van der Waals surface area contributed by atoms with Gasteiger partial charge < -0.3 is 18.9 Å². The Hall–Kier alpha value is -4.21. The summed E-state index contributed by atoms with van der Waals surface area (Å²) in [5.41, 5.74) is 0.589. The van der Waals surface area contributed by atoms with Crippen LogP contribution in [0.4, 0.5) is 4.39 Å². The molecule has 4 rings (SSSR count). The van der Waals surface area contributed by atoms with E-state index in [2.05, 4.69) is 15.0 Å². The summed E-state index contributed by atoms with van der Waals surface area (Å²) in [6.07, 6.45) is -4.20. The predicted octanol–water partition coefficient (Wildman–Crippen LogP) is 1.76. The van der Waals surface area contributed by atoms with Crippen molar-refractivity contribution in [3.63, 3.8) is 0 Å². The van der Waals surface area contributed by atoms with Crippen molar-refractivity contribution in [1.82, 2.24) is 19.7 Å². The number of hydrogen-bond acceptors (Lipinski definition) is 11. The van der Waals surface area contributed by atoms with Gasteiger partial charge in [-0.1, -0.05) is 35.5 Å². The third kappa shape index (κ3) is 7.31. The Morgan fingerprint density at radius 3 is 2.29 bits per heavy atom. The van der Waals surface area contributed by atoms with Crippen LogP contribution in [0.15, 0.2) is 65.7 Å². The highest BCUT2D eigenvalue weighted by Crippen LogP contribution is 2.35. The number of hydrogen-bond donors (Lipinski definition) is 1. The van der Waals surface area contributed by atoms with Crippen molar-refractivity contribution in [2.24, 2.45) is 0 Å². The highest BCUT2D eigenvalue weighted by molar-refractivity contribution is 7.89. The number of aromatic nitrogens is 3. The zero-order chi connectivity index (χ0) is 29.7. The lowest BCUT2D eigenvalue weighted by atomic mass is 9.95. The van der Waals surface area contributed by atoms with Crippen LogP contribution < -0.4 is 4.72 Å². The Kier molecular flexibility index (Phi) is 9.10. The molecular formula is C26H27FN4O9S. The fourth-order valence-corrected chi connectivity index (χ4v) is 5.49. The van der Waals surface area contributed by atoms with Crippen LogP contribution in [0.3, 0.4) is 0 Å². The minimum Gasteiger partial charge on any atom is -0.463 e. The minimum absolute atomic E-state index is 0.102. The zero-order valence-corrected chi connectivity index (χ0v) is 23.0. The fourth-order valence-electron chi connectivity index (χ4n) is 4.34. The summed E-state index contributed by atoms with van der Waals surface area (Å²) in [6, 6.07) is 11.7. The van der Waals surface area contributed by atoms with Gasteiger partial charge in [0.15, 0.2) is 18.4 Å².